The number of ether oxygens (including phenoxy) is 1. The largest absolute Gasteiger partial charge is 0.383 e. The van der Waals surface area contributed by atoms with Crippen LogP contribution in [0.4, 0.5) is 5.69 Å². The number of hydrogen-bond donors (Lipinski definition) is 1. The lowest BCUT2D eigenvalue weighted by atomic mass is 10.1. The number of aromatic nitrogens is 1. The second-order valence-electron chi connectivity index (χ2n) is 5.37. The lowest BCUT2D eigenvalue weighted by Crippen LogP contribution is -2.27. The van der Waals surface area contributed by atoms with Crippen molar-refractivity contribution in [1.82, 2.24) is 4.98 Å². The van der Waals surface area contributed by atoms with Crippen LogP contribution in [0.15, 0.2) is 29.6 Å². The zero-order chi connectivity index (χ0) is 13.9. The maximum Gasteiger partial charge on any atom is 0.0901 e. The van der Waals surface area contributed by atoms with Crippen molar-refractivity contribution >= 4 is 17.0 Å². The molecule has 1 fully saturated rings. The van der Waals surface area contributed by atoms with Gasteiger partial charge in [0.2, 0.25) is 0 Å². The minimum absolute atomic E-state index is 0.437. The third kappa shape index (κ3) is 3.19. The maximum absolute atomic E-state index is 5.30. The number of nitrogens with one attached hydrogen (secondary N) is 1. The molecule has 0 aliphatic heterocycles. The number of thiazole rings is 1. The molecule has 0 bridgehead atoms. The van der Waals surface area contributed by atoms with Crippen molar-refractivity contribution in [3.05, 3.63) is 34.7 Å². The van der Waals surface area contributed by atoms with Gasteiger partial charge in [-0.3, -0.25) is 0 Å². The number of methoxy groups -OCH3 is 1. The molecule has 4 heteroatoms. The summed E-state index contributed by atoms with van der Waals surface area (Å²) in [4.78, 5) is 4.52. The summed E-state index contributed by atoms with van der Waals surface area (Å²) in [6.45, 7) is 2.81. The van der Waals surface area contributed by atoms with E-state index in [1.165, 1.54) is 18.4 Å². The summed E-state index contributed by atoms with van der Waals surface area (Å²) < 4.78 is 5.30. The van der Waals surface area contributed by atoms with Gasteiger partial charge in [0.1, 0.15) is 0 Å². The molecule has 1 aromatic carbocycles. The van der Waals surface area contributed by atoms with Gasteiger partial charge < -0.3 is 10.1 Å². The highest BCUT2D eigenvalue weighted by atomic mass is 32.1. The highest BCUT2D eigenvalue weighted by Crippen LogP contribution is 2.34. The SMILES string of the molecule is COCC(Nc1ccc(-c2csc(C)n2)cc1)C1CC1. The zero-order valence-corrected chi connectivity index (χ0v) is 12.7. The van der Waals surface area contributed by atoms with Gasteiger partial charge in [-0.15, -0.1) is 11.3 Å². The van der Waals surface area contributed by atoms with Crippen LogP contribution in [0.5, 0.6) is 0 Å². The van der Waals surface area contributed by atoms with Crippen molar-refractivity contribution in [3.8, 4) is 11.3 Å². The molecule has 1 aliphatic rings. The molecular formula is C16H20N2OS. The molecule has 1 aromatic heterocycles. The van der Waals surface area contributed by atoms with Crippen LogP contribution in [-0.4, -0.2) is 24.7 Å². The molecule has 1 unspecified atom stereocenters. The second kappa shape index (κ2) is 5.94. The summed E-state index contributed by atoms with van der Waals surface area (Å²) in [5, 5.41) is 6.80. The summed E-state index contributed by atoms with van der Waals surface area (Å²) >= 11 is 1.69. The zero-order valence-electron chi connectivity index (χ0n) is 11.9. The number of aryl methyl sites for hydroxylation is 1. The van der Waals surface area contributed by atoms with E-state index in [2.05, 4.69) is 39.9 Å². The van der Waals surface area contributed by atoms with Crippen molar-refractivity contribution in [1.29, 1.82) is 0 Å². The lowest BCUT2D eigenvalue weighted by Gasteiger charge is -2.18. The third-order valence-corrected chi connectivity index (χ3v) is 4.46. The number of nitrogens with zero attached hydrogens (tertiary/aromatic N) is 1. The summed E-state index contributed by atoms with van der Waals surface area (Å²) in [6, 6.07) is 8.97. The first-order valence-electron chi connectivity index (χ1n) is 7.04. The molecule has 0 spiro atoms. The summed E-state index contributed by atoms with van der Waals surface area (Å²) in [5.41, 5.74) is 3.40. The van der Waals surface area contributed by atoms with Crippen LogP contribution in [0.2, 0.25) is 0 Å². The molecule has 0 saturated heterocycles. The smallest absolute Gasteiger partial charge is 0.0901 e. The van der Waals surface area contributed by atoms with E-state index >= 15 is 0 Å². The third-order valence-electron chi connectivity index (χ3n) is 3.69. The standard InChI is InChI=1S/C16H20N2OS/c1-11-17-16(10-20-11)13-5-7-14(8-6-13)18-15(9-19-2)12-3-4-12/h5-8,10,12,15,18H,3-4,9H2,1-2H3. The summed E-state index contributed by atoms with van der Waals surface area (Å²) in [6.07, 6.45) is 2.63. The molecule has 1 atom stereocenters. The van der Waals surface area contributed by atoms with Crippen molar-refractivity contribution in [2.45, 2.75) is 25.8 Å². The Bertz CT molecular complexity index is 560. The van der Waals surface area contributed by atoms with Gasteiger partial charge >= 0.3 is 0 Å². The average molecular weight is 288 g/mol. The quantitative estimate of drug-likeness (QED) is 0.873. The predicted molar refractivity (Wildman–Crippen MR) is 84.3 cm³/mol. The molecule has 2 aromatic rings. The Balaban J connectivity index is 1.69. The summed E-state index contributed by atoms with van der Waals surface area (Å²) in [5.74, 6) is 0.774. The van der Waals surface area contributed by atoms with E-state index in [4.69, 9.17) is 4.74 Å². The van der Waals surface area contributed by atoms with Gasteiger partial charge in [-0.2, -0.15) is 0 Å². The average Bonchev–Trinajstić information content (AvgIpc) is 3.21. The molecule has 106 valence electrons. The number of benzene rings is 1. The second-order valence-corrected chi connectivity index (χ2v) is 6.43. The van der Waals surface area contributed by atoms with E-state index < -0.39 is 0 Å². The van der Waals surface area contributed by atoms with E-state index in [1.807, 2.05) is 6.92 Å². The Morgan fingerprint density at radius 2 is 2.10 bits per heavy atom. The first-order valence-corrected chi connectivity index (χ1v) is 7.92. The lowest BCUT2D eigenvalue weighted by molar-refractivity contribution is 0.179. The van der Waals surface area contributed by atoms with Crippen LogP contribution in [-0.2, 0) is 4.74 Å². The van der Waals surface area contributed by atoms with Crippen LogP contribution in [0.25, 0.3) is 11.3 Å². The van der Waals surface area contributed by atoms with Crippen molar-refractivity contribution in [2.24, 2.45) is 5.92 Å². The Morgan fingerprint density at radius 1 is 1.35 bits per heavy atom. The minimum atomic E-state index is 0.437. The molecule has 0 amide bonds. The molecule has 1 aliphatic carbocycles. The van der Waals surface area contributed by atoms with Gasteiger partial charge in [0.25, 0.3) is 0 Å². The first-order chi connectivity index (χ1) is 9.76. The fourth-order valence-corrected chi connectivity index (χ4v) is 3.04. The van der Waals surface area contributed by atoms with Crippen LogP contribution in [0, 0.1) is 12.8 Å². The normalized spacial score (nSPS) is 16.1. The first kappa shape index (κ1) is 13.6. The van der Waals surface area contributed by atoms with Gasteiger partial charge in [-0.25, -0.2) is 4.98 Å². The van der Waals surface area contributed by atoms with Crippen LogP contribution >= 0.6 is 11.3 Å². The molecule has 1 heterocycles. The van der Waals surface area contributed by atoms with E-state index in [1.54, 1.807) is 18.4 Å². The van der Waals surface area contributed by atoms with E-state index in [9.17, 15) is 0 Å². The predicted octanol–water partition coefficient (Wildman–Crippen LogP) is 3.96. The van der Waals surface area contributed by atoms with Crippen molar-refractivity contribution in [3.63, 3.8) is 0 Å². The Kier molecular flexibility index (Phi) is 4.03. The Labute approximate surface area is 124 Å². The van der Waals surface area contributed by atoms with Crippen molar-refractivity contribution < 1.29 is 4.74 Å². The van der Waals surface area contributed by atoms with Crippen molar-refractivity contribution in [2.75, 3.05) is 19.0 Å². The van der Waals surface area contributed by atoms with Crippen LogP contribution < -0.4 is 5.32 Å². The molecular weight excluding hydrogens is 268 g/mol. The molecule has 1 N–H and O–H groups in total. The van der Waals surface area contributed by atoms with Gasteiger partial charge in [0, 0.05) is 23.7 Å². The molecule has 3 rings (SSSR count). The minimum Gasteiger partial charge on any atom is -0.383 e. The van der Waals surface area contributed by atoms with Gasteiger partial charge in [-0.1, -0.05) is 12.1 Å². The van der Waals surface area contributed by atoms with Gasteiger partial charge in [-0.05, 0) is 37.8 Å². The number of anilines is 1. The molecule has 0 radical (unpaired) electrons. The van der Waals surface area contributed by atoms with Gasteiger partial charge in [0.05, 0.1) is 23.4 Å². The highest BCUT2D eigenvalue weighted by Gasteiger charge is 2.31. The monoisotopic (exact) mass is 288 g/mol. The van der Waals surface area contributed by atoms with Crippen LogP contribution in [0.3, 0.4) is 0 Å². The molecule has 3 nitrogen and oxygen atoms in total. The molecule has 1 saturated carbocycles. The topological polar surface area (TPSA) is 34.1 Å². The van der Waals surface area contributed by atoms with E-state index in [0.29, 0.717) is 6.04 Å². The Morgan fingerprint density at radius 3 is 2.65 bits per heavy atom. The maximum atomic E-state index is 5.30. The number of hydrogen-bond acceptors (Lipinski definition) is 4. The fraction of sp³-hybridized carbons (Fsp3) is 0.438. The van der Waals surface area contributed by atoms with E-state index in [-0.39, 0.29) is 0 Å². The van der Waals surface area contributed by atoms with Crippen LogP contribution in [0.1, 0.15) is 17.8 Å². The van der Waals surface area contributed by atoms with E-state index in [0.717, 1.165) is 28.9 Å². The highest BCUT2D eigenvalue weighted by molar-refractivity contribution is 7.09. The Hall–Kier alpha value is -1.39. The fourth-order valence-electron chi connectivity index (χ4n) is 2.42. The number of rotatable bonds is 6. The van der Waals surface area contributed by atoms with Gasteiger partial charge in [0.15, 0.2) is 0 Å². The summed E-state index contributed by atoms with van der Waals surface area (Å²) in [7, 11) is 1.77. The molecule has 20 heavy (non-hydrogen) atoms.